The summed E-state index contributed by atoms with van der Waals surface area (Å²) in [5.74, 6) is -0.0294. The summed E-state index contributed by atoms with van der Waals surface area (Å²) in [4.78, 5) is 38.3. The Morgan fingerprint density at radius 1 is 1.32 bits per heavy atom. The number of thioether (sulfide) groups is 1. The number of rotatable bonds is 7. The van der Waals surface area contributed by atoms with Crippen molar-refractivity contribution in [3.63, 3.8) is 0 Å². The molecule has 1 N–H and O–H groups in total. The number of hydrogen-bond acceptors (Lipinski definition) is 7. The number of nitrogens with zero attached hydrogens (tertiary/aromatic N) is 3. The van der Waals surface area contributed by atoms with E-state index < -0.39 is 0 Å². The van der Waals surface area contributed by atoms with E-state index in [2.05, 4.69) is 15.5 Å². The van der Waals surface area contributed by atoms with Gasteiger partial charge in [-0.2, -0.15) is 0 Å². The first-order valence-corrected chi connectivity index (χ1v) is 11.0. The lowest BCUT2D eigenvalue weighted by Crippen LogP contribution is -2.32. The first-order valence-electron chi connectivity index (χ1n) is 9.24. The number of carbonyl (C=O) groups excluding carboxylic acids is 3. The fourth-order valence-corrected chi connectivity index (χ4v) is 4.95. The highest BCUT2D eigenvalue weighted by Crippen LogP contribution is 2.37. The molecular formula is C19H20N4O3S2. The number of hydrogen-bond donors (Lipinski definition) is 1. The molecule has 2 amide bonds. The van der Waals surface area contributed by atoms with Crippen LogP contribution in [0.25, 0.3) is 0 Å². The van der Waals surface area contributed by atoms with Gasteiger partial charge in [0.2, 0.25) is 16.9 Å². The molecule has 1 aliphatic heterocycles. The van der Waals surface area contributed by atoms with Crippen LogP contribution in [-0.4, -0.2) is 39.6 Å². The highest BCUT2D eigenvalue weighted by atomic mass is 32.2. The third-order valence-corrected chi connectivity index (χ3v) is 6.96. The average molecular weight is 417 g/mol. The molecule has 1 aromatic carbocycles. The fourth-order valence-electron chi connectivity index (χ4n) is 3.13. The third-order valence-electron chi connectivity index (χ3n) is 4.90. The monoisotopic (exact) mass is 416 g/mol. The summed E-state index contributed by atoms with van der Waals surface area (Å²) in [7, 11) is 0. The first kappa shape index (κ1) is 19.1. The molecule has 0 radical (unpaired) electrons. The Hall–Kier alpha value is -2.26. The van der Waals surface area contributed by atoms with Crippen LogP contribution in [0.15, 0.2) is 22.5 Å². The number of ketones is 1. The number of amides is 2. The predicted octanol–water partition coefficient (Wildman–Crippen LogP) is 3.47. The Balaban J connectivity index is 1.41. The molecule has 0 unspecified atom stereocenters. The van der Waals surface area contributed by atoms with Crippen LogP contribution < -0.4 is 10.2 Å². The average Bonchev–Trinajstić information content (AvgIpc) is 3.35. The van der Waals surface area contributed by atoms with Crippen molar-refractivity contribution in [2.24, 2.45) is 0 Å². The number of fused-ring (bicyclic) bond motifs is 1. The van der Waals surface area contributed by atoms with Gasteiger partial charge >= 0.3 is 0 Å². The molecule has 1 atom stereocenters. The third kappa shape index (κ3) is 3.68. The molecule has 28 heavy (non-hydrogen) atoms. The normalized spacial score (nSPS) is 17.9. The molecule has 9 heteroatoms. The molecule has 0 saturated heterocycles. The zero-order chi connectivity index (χ0) is 19.8. The molecule has 0 spiro atoms. The van der Waals surface area contributed by atoms with E-state index in [0.717, 1.165) is 24.1 Å². The van der Waals surface area contributed by atoms with Crippen LogP contribution >= 0.6 is 23.1 Å². The van der Waals surface area contributed by atoms with Gasteiger partial charge in [0.15, 0.2) is 10.1 Å². The summed E-state index contributed by atoms with van der Waals surface area (Å²) < 4.78 is 0.671. The summed E-state index contributed by atoms with van der Waals surface area (Å²) in [5, 5.41) is 11.7. The maximum Gasteiger partial charge on any atom is 0.231 e. The van der Waals surface area contributed by atoms with Gasteiger partial charge in [-0.1, -0.05) is 30.0 Å². The Bertz CT molecular complexity index is 954. The molecule has 1 fully saturated rings. The van der Waals surface area contributed by atoms with Crippen LogP contribution in [0, 0.1) is 0 Å². The topological polar surface area (TPSA) is 92.3 Å². The van der Waals surface area contributed by atoms with E-state index in [1.54, 1.807) is 23.1 Å². The second kappa shape index (κ2) is 7.63. The lowest BCUT2D eigenvalue weighted by molar-refractivity contribution is -0.118. The van der Waals surface area contributed by atoms with E-state index in [9.17, 15) is 14.4 Å². The Kier molecular flexibility index (Phi) is 5.20. The molecule has 2 aromatic rings. The predicted molar refractivity (Wildman–Crippen MR) is 109 cm³/mol. The van der Waals surface area contributed by atoms with Crippen LogP contribution in [0.5, 0.6) is 0 Å². The van der Waals surface area contributed by atoms with E-state index in [-0.39, 0.29) is 35.3 Å². The smallest absolute Gasteiger partial charge is 0.231 e. The first-order chi connectivity index (χ1) is 13.5. The minimum atomic E-state index is -0.245. The minimum Gasteiger partial charge on any atom is -0.325 e. The van der Waals surface area contributed by atoms with Gasteiger partial charge in [0.1, 0.15) is 0 Å². The fraction of sp³-hybridized carbons (Fsp3) is 0.421. The molecule has 1 aromatic heterocycles. The van der Waals surface area contributed by atoms with Gasteiger partial charge < -0.3 is 5.32 Å². The van der Waals surface area contributed by atoms with Gasteiger partial charge in [-0.25, -0.2) is 0 Å². The maximum atomic E-state index is 12.6. The summed E-state index contributed by atoms with van der Waals surface area (Å²) >= 11 is 2.67. The van der Waals surface area contributed by atoms with E-state index in [1.165, 1.54) is 23.1 Å². The number of aromatic nitrogens is 2. The van der Waals surface area contributed by atoms with Crippen LogP contribution in [0.4, 0.5) is 10.8 Å². The molecule has 2 heterocycles. The molecule has 4 rings (SSSR count). The van der Waals surface area contributed by atoms with Gasteiger partial charge in [0.05, 0.1) is 11.7 Å². The lowest BCUT2D eigenvalue weighted by Gasteiger charge is -2.17. The zero-order valence-corrected chi connectivity index (χ0v) is 17.2. The van der Waals surface area contributed by atoms with Crippen molar-refractivity contribution < 1.29 is 14.4 Å². The van der Waals surface area contributed by atoms with Gasteiger partial charge in [0, 0.05) is 23.7 Å². The van der Waals surface area contributed by atoms with Crippen molar-refractivity contribution in [3.8, 4) is 0 Å². The summed E-state index contributed by atoms with van der Waals surface area (Å²) in [6.07, 6.45) is 2.44. The second-order valence-electron chi connectivity index (χ2n) is 6.92. The van der Waals surface area contributed by atoms with Crippen molar-refractivity contribution in [1.82, 2.24) is 10.2 Å². The Morgan fingerprint density at radius 2 is 2.11 bits per heavy atom. The quantitative estimate of drug-likeness (QED) is 0.422. The Labute approximate surface area is 170 Å². The molecule has 1 saturated carbocycles. The standard InChI is InChI=1S/C19H20N4O3S2/c1-3-16(25)23(12-5-6-12)18-21-22-19(28-18)27-9-15(24)11-4-7-14-13(8-11)10(2)17(26)20-14/h4,7-8,10,12H,3,5-6,9H2,1-2H3,(H,20,26)/t10-/m0/s1. The van der Waals surface area contributed by atoms with E-state index >= 15 is 0 Å². The summed E-state index contributed by atoms with van der Waals surface area (Å²) in [5.41, 5.74) is 2.22. The molecule has 7 nitrogen and oxygen atoms in total. The van der Waals surface area contributed by atoms with Crippen LogP contribution in [-0.2, 0) is 9.59 Å². The van der Waals surface area contributed by atoms with E-state index in [1.807, 2.05) is 13.8 Å². The summed E-state index contributed by atoms with van der Waals surface area (Å²) in [6, 6.07) is 5.55. The number of nitrogens with one attached hydrogen (secondary N) is 1. The number of anilines is 2. The largest absolute Gasteiger partial charge is 0.325 e. The van der Waals surface area contributed by atoms with Gasteiger partial charge in [-0.05, 0) is 43.5 Å². The zero-order valence-electron chi connectivity index (χ0n) is 15.6. The maximum absolute atomic E-state index is 12.6. The van der Waals surface area contributed by atoms with Crippen molar-refractivity contribution in [2.75, 3.05) is 16.0 Å². The van der Waals surface area contributed by atoms with Crippen molar-refractivity contribution >= 4 is 51.5 Å². The van der Waals surface area contributed by atoms with E-state index in [0.29, 0.717) is 21.5 Å². The van der Waals surface area contributed by atoms with Gasteiger partial charge in [-0.3, -0.25) is 19.3 Å². The SMILES string of the molecule is CCC(=O)N(c1nnc(SCC(=O)c2ccc3c(c2)[C@H](C)C(=O)N3)s1)C1CC1. The molecular weight excluding hydrogens is 396 g/mol. The molecule has 0 bridgehead atoms. The van der Waals surface area contributed by atoms with Crippen molar-refractivity contribution in [2.45, 2.75) is 49.4 Å². The van der Waals surface area contributed by atoms with Gasteiger partial charge in [0.25, 0.3) is 0 Å². The van der Waals surface area contributed by atoms with Crippen LogP contribution in [0.1, 0.15) is 54.9 Å². The molecule has 146 valence electrons. The Morgan fingerprint density at radius 3 is 2.82 bits per heavy atom. The molecule has 2 aliphatic rings. The van der Waals surface area contributed by atoms with E-state index in [4.69, 9.17) is 0 Å². The minimum absolute atomic E-state index is 0.0280. The van der Waals surface area contributed by atoms with Crippen LogP contribution in [0.3, 0.4) is 0 Å². The summed E-state index contributed by atoms with van der Waals surface area (Å²) in [6.45, 7) is 3.67. The highest BCUT2D eigenvalue weighted by molar-refractivity contribution is 8.01. The highest BCUT2D eigenvalue weighted by Gasteiger charge is 2.35. The van der Waals surface area contributed by atoms with Gasteiger partial charge in [-0.15, -0.1) is 10.2 Å². The number of Topliss-reactive ketones (excluding diaryl/α,β-unsaturated/α-hetero) is 1. The molecule has 1 aliphatic carbocycles. The van der Waals surface area contributed by atoms with Crippen molar-refractivity contribution in [3.05, 3.63) is 29.3 Å². The lowest BCUT2D eigenvalue weighted by atomic mass is 9.99. The number of benzene rings is 1. The number of carbonyl (C=O) groups is 3. The second-order valence-corrected chi connectivity index (χ2v) is 9.10. The van der Waals surface area contributed by atoms with Crippen molar-refractivity contribution in [1.29, 1.82) is 0 Å². The van der Waals surface area contributed by atoms with Crippen LogP contribution in [0.2, 0.25) is 0 Å².